The van der Waals surface area contributed by atoms with Crippen LogP contribution in [-0.2, 0) is 0 Å². The molecule has 0 aromatic heterocycles. The van der Waals surface area contributed by atoms with E-state index >= 15 is 0 Å². The van der Waals surface area contributed by atoms with Gasteiger partial charge in [-0.05, 0) is 0 Å². The summed E-state index contributed by atoms with van der Waals surface area (Å²) < 4.78 is 0. The van der Waals surface area contributed by atoms with Gasteiger partial charge in [0, 0.05) is 0 Å². The lowest BCUT2D eigenvalue weighted by molar-refractivity contribution is 0.241. The molecule has 0 spiro atoms. The van der Waals surface area contributed by atoms with Gasteiger partial charge in [-0.3, -0.25) is 10.9 Å². The molecule has 0 radical (unpaired) electrons. The van der Waals surface area contributed by atoms with Crippen molar-refractivity contribution >= 4 is 6.03 Å². The second-order valence-electron chi connectivity index (χ2n) is 3.09. The van der Waals surface area contributed by atoms with Crippen molar-refractivity contribution in [3.05, 3.63) is 0 Å². The Morgan fingerprint density at radius 1 is 0.769 bits per heavy atom. The second-order valence-corrected chi connectivity index (χ2v) is 3.09. The Kier molecular flexibility index (Phi) is 8.70. The van der Waals surface area contributed by atoms with Crippen molar-refractivity contribution in [1.82, 2.24) is 10.9 Å². The van der Waals surface area contributed by atoms with Gasteiger partial charge in [0.25, 0.3) is 0 Å². The van der Waals surface area contributed by atoms with Crippen molar-refractivity contribution in [3.8, 4) is 0 Å². The maximum Gasteiger partial charge on any atom is 0.343 e. The molecule has 1 saturated carbocycles. The molecule has 1 fully saturated rings. The topological polar surface area (TPSA) is 93.2 Å². The van der Waals surface area contributed by atoms with Gasteiger partial charge < -0.3 is 0 Å². The highest BCUT2D eigenvalue weighted by Crippen LogP contribution is 2.15. The molecule has 0 saturated heterocycles. The number of amides is 2. The third-order valence-electron chi connectivity index (χ3n) is 2.01. The first-order chi connectivity index (χ1) is 6.31. The van der Waals surface area contributed by atoms with E-state index in [4.69, 9.17) is 0 Å². The van der Waals surface area contributed by atoms with Crippen LogP contribution in [0.15, 0.2) is 0 Å². The van der Waals surface area contributed by atoms with E-state index in [1.807, 2.05) is 0 Å². The molecule has 5 nitrogen and oxygen atoms in total. The third-order valence-corrected chi connectivity index (χ3v) is 2.01. The van der Waals surface area contributed by atoms with Crippen LogP contribution in [0.2, 0.25) is 0 Å². The van der Waals surface area contributed by atoms with Crippen LogP contribution >= 0.6 is 0 Å². The number of hydrazine groups is 2. The average molecular weight is 188 g/mol. The minimum Gasteiger partial charge on any atom is -0.275 e. The zero-order valence-corrected chi connectivity index (χ0v) is 8.01. The van der Waals surface area contributed by atoms with Gasteiger partial charge in [0.2, 0.25) is 0 Å². The number of urea groups is 1. The maximum atomic E-state index is 9.71. The van der Waals surface area contributed by atoms with Crippen molar-refractivity contribution in [1.29, 1.82) is 0 Å². The van der Waals surface area contributed by atoms with Gasteiger partial charge in [-0.2, -0.15) is 0 Å². The van der Waals surface area contributed by atoms with Crippen LogP contribution < -0.4 is 22.5 Å². The van der Waals surface area contributed by atoms with E-state index in [1.54, 1.807) is 10.9 Å². The number of nitrogens with two attached hydrogens (primary N) is 2. The summed E-state index contributed by atoms with van der Waals surface area (Å²) in [6.07, 6.45) is 10.5. The number of carbonyl (C=O) groups is 1. The number of carbonyl (C=O) groups excluding carboxylic acids is 1. The number of hydrogen-bond donors (Lipinski definition) is 4. The smallest absolute Gasteiger partial charge is 0.275 e. The van der Waals surface area contributed by atoms with E-state index in [1.165, 1.54) is 44.9 Å². The number of rotatable bonds is 0. The van der Waals surface area contributed by atoms with Crippen LogP contribution in [0.25, 0.3) is 0 Å². The molecule has 0 aromatic carbocycles. The lowest BCUT2D eigenvalue weighted by Gasteiger charge is -1.90. The highest BCUT2D eigenvalue weighted by atomic mass is 16.2. The van der Waals surface area contributed by atoms with Crippen LogP contribution in [0.3, 0.4) is 0 Å². The molecule has 0 aliphatic heterocycles. The molecule has 1 rings (SSSR count). The van der Waals surface area contributed by atoms with Crippen molar-refractivity contribution in [2.45, 2.75) is 44.9 Å². The van der Waals surface area contributed by atoms with Crippen LogP contribution in [0, 0.1) is 0 Å². The van der Waals surface area contributed by atoms with E-state index in [2.05, 4.69) is 11.7 Å². The predicted octanol–water partition coefficient (Wildman–Crippen LogP) is 0.764. The molecular formula is C8H20N4O. The SMILES string of the molecule is C1CCCCCC1.NNC(=O)NN. The number of nitrogens with one attached hydrogen (secondary N) is 2. The second kappa shape index (κ2) is 9.28. The summed E-state index contributed by atoms with van der Waals surface area (Å²) in [5.74, 6) is 9.08. The first kappa shape index (κ1) is 12.2. The summed E-state index contributed by atoms with van der Waals surface area (Å²) in [5.41, 5.74) is 3.48. The molecule has 0 atom stereocenters. The van der Waals surface area contributed by atoms with Crippen molar-refractivity contribution < 1.29 is 4.79 Å². The van der Waals surface area contributed by atoms with E-state index in [0.717, 1.165) is 0 Å². The van der Waals surface area contributed by atoms with Crippen molar-refractivity contribution in [2.75, 3.05) is 0 Å². The highest BCUT2D eigenvalue weighted by molar-refractivity contribution is 5.72. The van der Waals surface area contributed by atoms with Gasteiger partial charge in [0.15, 0.2) is 0 Å². The highest BCUT2D eigenvalue weighted by Gasteiger charge is 1.95. The van der Waals surface area contributed by atoms with Gasteiger partial charge >= 0.3 is 6.03 Å². The molecule has 5 heteroatoms. The average Bonchev–Trinajstić information content (AvgIpc) is 2.49. The lowest BCUT2D eigenvalue weighted by atomic mass is 10.2. The normalized spacial score (nSPS) is 16.2. The minimum atomic E-state index is -0.602. The van der Waals surface area contributed by atoms with Gasteiger partial charge in [0.1, 0.15) is 0 Å². The van der Waals surface area contributed by atoms with Gasteiger partial charge in [-0.25, -0.2) is 16.5 Å². The van der Waals surface area contributed by atoms with Crippen LogP contribution in [0.5, 0.6) is 0 Å². The molecule has 6 N–H and O–H groups in total. The molecular weight excluding hydrogens is 168 g/mol. The molecule has 0 heterocycles. The summed E-state index contributed by atoms with van der Waals surface area (Å²) >= 11 is 0. The quantitative estimate of drug-likeness (QED) is 0.196. The standard InChI is InChI=1S/C7H14.CH6N4O/c1-2-4-6-7-5-3-1;2-4-1(6)5-3/h1-7H2;2-3H2,(H2,4,5,6). The van der Waals surface area contributed by atoms with Crippen LogP contribution in [0.4, 0.5) is 4.79 Å². The van der Waals surface area contributed by atoms with E-state index in [0.29, 0.717) is 0 Å². The fourth-order valence-electron chi connectivity index (χ4n) is 1.28. The Morgan fingerprint density at radius 2 is 1.00 bits per heavy atom. The molecule has 78 valence electrons. The Balaban J connectivity index is 0.000000226. The fraction of sp³-hybridized carbons (Fsp3) is 0.875. The number of hydrogen-bond acceptors (Lipinski definition) is 3. The Morgan fingerprint density at radius 3 is 1.08 bits per heavy atom. The van der Waals surface area contributed by atoms with E-state index < -0.39 is 6.03 Å². The molecule has 0 aromatic rings. The van der Waals surface area contributed by atoms with Crippen molar-refractivity contribution in [2.24, 2.45) is 11.7 Å². The summed E-state index contributed by atoms with van der Waals surface area (Å²) in [7, 11) is 0. The van der Waals surface area contributed by atoms with Crippen LogP contribution in [-0.4, -0.2) is 6.03 Å². The molecule has 13 heavy (non-hydrogen) atoms. The van der Waals surface area contributed by atoms with E-state index in [9.17, 15) is 4.79 Å². The summed E-state index contributed by atoms with van der Waals surface area (Å²) in [6, 6.07) is -0.602. The molecule has 1 aliphatic carbocycles. The molecule has 0 unspecified atom stereocenters. The van der Waals surface area contributed by atoms with Gasteiger partial charge in [-0.15, -0.1) is 0 Å². The zero-order valence-electron chi connectivity index (χ0n) is 8.01. The van der Waals surface area contributed by atoms with Gasteiger partial charge in [0.05, 0.1) is 0 Å². The predicted molar refractivity (Wildman–Crippen MR) is 52.4 cm³/mol. The summed E-state index contributed by atoms with van der Waals surface area (Å²) in [4.78, 5) is 9.71. The maximum absolute atomic E-state index is 9.71. The Labute approximate surface area is 79.2 Å². The summed E-state index contributed by atoms with van der Waals surface area (Å²) in [5, 5.41) is 0. The zero-order chi connectivity index (χ0) is 9.94. The molecule has 1 aliphatic rings. The van der Waals surface area contributed by atoms with Crippen molar-refractivity contribution in [3.63, 3.8) is 0 Å². The molecule has 0 bridgehead atoms. The van der Waals surface area contributed by atoms with Gasteiger partial charge in [-0.1, -0.05) is 44.9 Å². The summed E-state index contributed by atoms with van der Waals surface area (Å²) in [6.45, 7) is 0. The fourth-order valence-corrected chi connectivity index (χ4v) is 1.28. The first-order valence-corrected chi connectivity index (χ1v) is 4.78. The third kappa shape index (κ3) is 9.10. The monoisotopic (exact) mass is 188 g/mol. The Hall–Kier alpha value is -0.810. The minimum absolute atomic E-state index is 0.602. The lowest BCUT2D eigenvalue weighted by Crippen LogP contribution is -2.43. The molecule has 2 amide bonds. The Bertz CT molecular complexity index is 104. The largest absolute Gasteiger partial charge is 0.343 e. The van der Waals surface area contributed by atoms with E-state index in [-0.39, 0.29) is 0 Å². The van der Waals surface area contributed by atoms with Crippen LogP contribution in [0.1, 0.15) is 44.9 Å². The first-order valence-electron chi connectivity index (χ1n) is 4.78.